The van der Waals surface area contributed by atoms with Crippen LogP contribution < -0.4 is 9.47 Å². The average Bonchev–Trinajstić information content (AvgIpc) is 2.28. The fourth-order valence-corrected chi connectivity index (χ4v) is 1.46. The fourth-order valence-electron chi connectivity index (χ4n) is 1.04. The molecule has 16 heavy (non-hydrogen) atoms. The van der Waals surface area contributed by atoms with Gasteiger partial charge in [0.1, 0.15) is 24.7 Å². The van der Waals surface area contributed by atoms with Gasteiger partial charge in [-0.2, -0.15) is 0 Å². The SMILES string of the molecule is OCCOc1cc(Cl)c(OCCO)cc1Cl. The van der Waals surface area contributed by atoms with E-state index in [-0.39, 0.29) is 26.4 Å². The van der Waals surface area contributed by atoms with E-state index in [9.17, 15) is 0 Å². The van der Waals surface area contributed by atoms with E-state index in [1.165, 1.54) is 12.1 Å². The van der Waals surface area contributed by atoms with Crippen molar-refractivity contribution in [2.24, 2.45) is 0 Å². The minimum absolute atomic E-state index is 0.100. The molecule has 0 aliphatic heterocycles. The molecule has 0 heterocycles. The molecule has 90 valence electrons. The van der Waals surface area contributed by atoms with Gasteiger partial charge >= 0.3 is 0 Å². The summed E-state index contributed by atoms with van der Waals surface area (Å²) in [5.41, 5.74) is 0. The predicted molar refractivity (Wildman–Crippen MR) is 61.6 cm³/mol. The van der Waals surface area contributed by atoms with Crippen LogP contribution in [0.4, 0.5) is 0 Å². The highest BCUT2D eigenvalue weighted by molar-refractivity contribution is 6.35. The van der Waals surface area contributed by atoms with Crippen LogP contribution in [-0.4, -0.2) is 36.6 Å². The van der Waals surface area contributed by atoms with Gasteiger partial charge in [0.05, 0.1) is 23.3 Å². The number of hydrogen-bond donors (Lipinski definition) is 2. The molecule has 2 N–H and O–H groups in total. The van der Waals surface area contributed by atoms with Gasteiger partial charge in [-0.25, -0.2) is 0 Å². The Bertz CT molecular complexity index is 310. The minimum atomic E-state index is -0.100. The standard InChI is InChI=1S/C10H12Cl2O4/c11-7-6-10(16-4-2-14)8(12)5-9(7)15-3-1-13/h5-6,13-14H,1-4H2. The van der Waals surface area contributed by atoms with Crippen LogP contribution in [0.15, 0.2) is 12.1 Å². The third kappa shape index (κ3) is 3.72. The Morgan fingerprint density at radius 2 is 1.25 bits per heavy atom. The summed E-state index contributed by atoms with van der Waals surface area (Å²) >= 11 is 11.8. The van der Waals surface area contributed by atoms with Crippen LogP contribution >= 0.6 is 23.2 Å². The molecule has 0 spiro atoms. The third-order valence-corrected chi connectivity index (χ3v) is 2.27. The van der Waals surface area contributed by atoms with E-state index in [0.717, 1.165) is 0 Å². The summed E-state index contributed by atoms with van der Waals surface area (Å²) in [7, 11) is 0. The lowest BCUT2D eigenvalue weighted by molar-refractivity contribution is 0.198. The maximum atomic E-state index is 8.60. The number of hydrogen-bond acceptors (Lipinski definition) is 4. The highest BCUT2D eigenvalue weighted by Crippen LogP contribution is 2.35. The van der Waals surface area contributed by atoms with Crippen molar-refractivity contribution in [2.75, 3.05) is 26.4 Å². The van der Waals surface area contributed by atoms with Crippen LogP contribution in [0.25, 0.3) is 0 Å². The molecule has 0 bridgehead atoms. The van der Waals surface area contributed by atoms with Crippen molar-refractivity contribution in [1.29, 1.82) is 0 Å². The van der Waals surface area contributed by atoms with Crippen molar-refractivity contribution in [3.63, 3.8) is 0 Å². The van der Waals surface area contributed by atoms with Crippen LogP contribution in [0.3, 0.4) is 0 Å². The van der Waals surface area contributed by atoms with E-state index in [1.807, 2.05) is 0 Å². The Morgan fingerprint density at radius 1 is 0.875 bits per heavy atom. The monoisotopic (exact) mass is 266 g/mol. The summed E-state index contributed by atoms with van der Waals surface area (Å²) in [5.74, 6) is 0.772. The van der Waals surface area contributed by atoms with Gasteiger partial charge in [-0.1, -0.05) is 23.2 Å². The van der Waals surface area contributed by atoms with Crippen LogP contribution in [0.2, 0.25) is 10.0 Å². The van der Waals surface area contributed by atoms with E-state index < -0.39 is 0 Å². The summed E-state index contributed by atoms with van der Waals surface area (Å²) in [6.07, 6.45) is 0. The number of aliphatic hydroxyl groups excluding tert-OH is 2. The maximum Gasteiger partial charge on any atom is 0.139 e. The molecule has 0 aliphatic rings. The van der Waals surface area contributed by atoms with Crippen LogP contribution in [-0.2, 0) is 0 Å². The molecule has 0 radical (unpaired) electrons. The van der Waals surface area contributed by atoms with Crippen molar-refractivity contribution < 1.29 is 19.7 Å². The second-order valence-corrected chi connectivity index (χ2v) is 3.67. The number of aliphatic hydroxyl groups is 2. The molecule has 6 heteroatoms. The lowest BCUT2D eigenvalue weighted by Gasteiger charge is -2.11. The molecule has 1 rings (SSSR count). The third-order valence-electron chi connectivity index (χ3n) is 1.68. The fraction of sp³-hybridized carbons (Fsp3) is 0.400. The average molecular weight is 267 g/mol. The molecule has 0 aromatic heterocycles. The molecule has 0 saturated carbocycles. The molecule has 0 atom stereocenters. The van der Waals surface area contributed by atoms with E-state index in [1.54, 1.807) is 0 Å². The van der Waals surface area contributed by atoms with Crippen LogP contribution in [0, 0.1) is 0 Å². The Kier molecular flexibility index (Phi) is 5.69. The first-order chi connectivity index (χ1) is 7.69. The highest BCUT2D eigenvalue weighted by Gasteiger charge is 2.09. The van der Waals surface area contributed by atoms with Gasteiger partial charge in [0.25, 0.3) is 0 Å². The van der Waals surface area contributed by atoms with Crippen molar-refractivity contribution in [3.8, 4) is 11.5 Å². The topological polar surface area (TPSA) is 58.9 Å². The normalized spacial score (nSPS) is 10.2. The second-order valence-electron chi connectivity index (χ2n) is 2.86. The van der Waals surface area contributed by atoms with Crippen molar-refractivity contribution in [2.45, 2.75) is 0 Å². The van der Waals surface area contributed by atoms with E-state index in [0.29, 0.717) is 21.5 Å². The molecular formula is C10H12Cl2O4. The summed E-state index contributed by atoms with van der Waals surface area (Å²) < 4.78 is 10.3. The number of ether oxygens (including phenoxy) is 2. The van der Waals surface area contributed by atoms with E-state index in [2.05, 4.69) is 0 Å². The summed E-state index contributed by atoms with van der Waals surface area (Å²) in [5, 5.41) is 17.9. The largest absolute Gasteiger partial charge is 0.490 e. The number of benzene rings is 1. The smallest absolute Gasteiger partial charge is 0.139 e. The van der Waals surface area contributed by atoms with Crippen molar-refractivity contribution in [1.82, 2.24) is 0 Å². The Hall–Kier alpha value is -0.680. The first-order valence-electron chi connectivity index (χ1n) is 4.65. The highest BCUT2D eigenvalue weighted by atomic mass is 35.5. The maximum absolute atomic E-state index is 8.60. The van der Waals surface area contributed by atoms with Crippen molar-refractivity contribution in [3.05, 3.63) is 22.2 Å². The first kappa shape index (κ1) is 13.4. The number of halogens is 2. The van der Waals surface area contributed by atoms with Gasteiger partial charge in [-0.3, -0.25) is 0 Å². The predicted octanol–water partition coefficient (Wildman–Crippen LogP) is 1.74. The lowest BCUT2D eigenvalue weighted by Crippen LogP contribution is -2.04. The summed E-state index contributed by atoms with van der Waals surface area (Å²) in [4.78, 5) is 0. The number of rotatable bonds is 6. The van der Waals surface area contributed by atoms with Gasteiger partial charge in [-0.05, 0) is 0 Å². The summed E-state index contributed by atoms with van der Waals surface area (Å²) in [6.45, 7) is 0.0905. The molecule has 0 fully saturated rings. The zero-order chi connectivity index (χ0) is 12.0. The van der Waals surface area contributed by atoms with Gasteiger partial charge in [-0.15, -0.1) is 0 Å². The molecule has 0 saturated heterocycles. The van der Waals surface area contributed by atoms with Gasteiger partial charge in [0.15, 0.2) is 0 Å². The second kappa shape index (κ2) is 6.81. The molecule has 0 amide bonds. The van der Waals surface area contributed by atoms with Crippen LogP contribution in [0.5, 0.6) is 11.5 Å². The Labute approximate surface area is 103 Å². The zero-order valence-electron chi connectivity index (χ0n) is 8.45. The molecule has 1 aromatic carbocycles. The van der Waals surface area contributed by atoms with Crippen molar-refractivity contribution >= 4 is 23.2 Å². The summed E-state index contributed by atoms with van der Waals surface area (Å²) in [6, 6.07) is 3.01. The molecule has 0 unspecified atom stereocenters. The quantitative estimate of drug-likeness (QED) is 0.824. The molecule has 1 aromatic rings. The Morgan fingerprint density at radius 3 is 1.56 bits per heavy atom. The molecular weight excluding hydrogens is 255 g/mol. The lowest BCUT2D eigenvalue weighted by atomic mass is 10.3. The molecule has 4 nitrogen and oxygen atoms in total. The van der Waals surface area contributed by atoms with Gasteiger partial charge in [0, 0.05) is 12.1 Å². The van der Waals surface area contributed by atoms with E-state index in [4.69, 9.17) is 42.9 Å². The first-order valence-corrected chi connectivity index (χ1v) is 5.41. The Balaban J connectivity index is 2.79. The minimum Gasteiger partial charge on any atom is -0.490 e. The van der Waals surface area contributed by atoms with Crippen LogP contribution in [0.1, 0.15) is 0 Å². The molecule has 0 aliphatic carbocycles. The van der Waals surface area contributed by atoms with Gasteiger partial charge in [0.2, 0.25) is 0 Å². The zero-order valence-corrected chi connectivity index (χ0v) is 9.96. The van der Waals surface area contributed by atoms with E-state index >= 15 is 0 Å². The van der Waals surface area contributed by atoms with Gasteiger partial charge < -0.3 is 19.7 Å².